The van der Waals surface area contributed by atoms with Gasteiger partial charge in [-0.25, -0.2) is 4.98 Å². The highest BCUT2D eigenvalue weighted by Gasteiger charge is 2.15. The van der Waals surface area contributed by atoms with Crippen LogP contribution in [0.15, 0.2) is 66.7 Å². The number of carbonyl (C=O) groups is 2. The number of nitrogens with one attached hydrogen (secondary N) is 2. The van der Waals surface area contributed by atoms with Crippen LogP contribution in [0.1, 0.15) is 26.3 Å². The summed E-state index contributed by atoms with van der Waals surface area (Å²) in [4.78, 5) is 29.5. The van der Waals surface area contributed by atoms with Crippen molar-refractivity contribution in [3.8, 4) is 5.75 Å². The summed E-state index contributed by atoms with van der Waals surface area (Å²) < 4.78 is 6.25. The summed E-state index contributed by atoms with van der Waals surface area (Å²) in [6, 6.07) is 19.9. The molecular formula is C23H19N3O3S. The molecule has 2 N–H and O–H groups in total. The van der Waals surface area contributed by atoms with E-state index in [1.165, 1.54) is 11.3 Å². The number of aryl methyl sites for hydroxylation is 1. The van der Waals surface area contributed by atoms with Crippen molar-refractivity contribution in [1.29, 1.82) is 0 Å². The fourth-order valence-corrected chi connectivity index (χ4v) is 3.95. The molecule has 3 aromatic carbocycles. The van der Waals surface area contributed by atoms with E-state index in [2.05, 4.69) is 15.6 Å². The first kappa shape index (κ1) is 19.6. The average Bonchev–Trinajstić information content (AvgIpc) is 3.16. The van der Waals surface area contributed by atoms with Crippen LogP contribution >= 0.6 is 11.3 Å². The van der Waals surface area contributed by atoms with Crippen LogP contribution in [0.3, 0.4) is 0 Å². The minimum atomic E-state index is -0.235. The molecule has 4 rings (SSSR count). The lowest BCUT2D eigenvalue weighted by Crippen LogP contribution is -2.12. The minimum absolute atomic E-state index is 0.206. The van der Waals surface area contributed by atoms with Gasteiger partial charge in [0.1, 0.15) is 11.3 Å². The van der Waals surface area contributed by atoms with Crippen molar-refractivity contribution in [3.05, 3.63) is 83.4 Å². The number of benzene rings is 3. The molecule has 0 aliphatic carbocycles. The highest BCUT2D eigenvalue weighted by Crippen LogP contribution is 2.35. The summed E-state index contributed by atoms with van der Waals surface area (Å²) in [7, 11) is 1.54. The molecular weight excluding hydrogens is 398 g/mol. The molecule has 0 unspecified atom stereocenters. The quantitative estimate of drug-likeness (QED) is 0.472. The van der Waals surface area contributed by atoms with Crippen molar-refractivity contribution in [2.75, 3.05) is 17.7 Å². The second-order valence-electron chi connectivity index (χ2n) is 6.69. The van der Waals surface area contributed by atoms with Crippen LogP contribution in [-0.4, -0.2) is 23.9 Å². The second-order valence-corrected chi connectivity index (χ2v) is 7.72. The smallest absolute Gasteiger partial charge is 0.257 e. The lowest BCUT2D eigenvalue weighted by molar-refractivity contribution is 0.101. The minimum Gasteiger partial charge on any atom is -0.494 e. The van der Waals surface area contributed by atoms with E-state index >= 15 is 0 Å². The van der Waals surface area contributed by atoms with E-state index in [1.54, 1.807) is 43.5 Å². The molecule has 0 aliphatic heterocycles. The molecule has 1 heterocycles. The highest BCUT2D eigenvalue weighted by atomic mass is 32.1. The molecule has 0 radical (unpaired) electrons. The molecule has 0 fully saturated rings. The Morgan fingerprint density at radius 3 is 2.37 bits per heavy atom. The lowest BCUT2D eigenvalue weighted by Gasteiger charge is -2.08. The fourth-order valence-electron chi connectivity index (χ4n) is 3.03. The number of hydrogen-bond donors (Lipinski definition) is 2. The molecule has 2 amide bonds. The van der Waals surface area contributed by atoms with E-state index < -0.39 is 0 Å². The number of anilines is 2. The third-order valence-electron chi connectivity index (χ3n) is 4.47. The topological polar surface area (TPSA) is 80.3 Å². The Labute approximate surface area is 177 Å². The maximum atomic E-state index is 12.6. The van der Waals surface area contributed by atoms with Gasteiger partial charge in [0.05, 0.1) is 11.8 Å². The summed E-state index contributed by atoms with van der Waals surface area (Å²) in [5, 5.41) is 6.18. The van der Waals surface area contributed by atoms with Crippen molar-refractivity contribution in [2.45, 2.75) is 6.92 Å². The monoisotopic (exact) mass is 417 g/mol. The van der Waals surface area contributed by atoms with E-state index in [4.69, 9.17) is 4.74 Å². The van der Waals surface area contributed by atoms with E-state index in [1.807, 2.05) is 37.3 Å². The van der Waals surface area contributed by atoms with Gasteiger partial charge in [-0.05, 0) is 37.3 Å². The Bertz CT molecular complexity index is 1240. The zero-order valence-corrected chi connectivity index (χ0v) is 17.2. The third kappa shape index (κ3) is 4.16. The van der Waals surface area contributed by atoms with Gasteiger partial charge in [0.25, 0.3) is 11.8 Å². The van der Waals surface area contributed by atoms with Gasteiger partial charge in [-0.3, -0.25) is 14.9 Å². The Hall–Kier alpha value is -3.71. The fraction of sp³-hybridized carbons (Fsp3) is 0.0870. The maximum absolute atomic E-state index is 12.6. The molecule has 150 valence electrons. The number of fused-ring (bicyclic) bond motifs is 1. The molecule has 0 saturated heterocycles. The largest absolute Gasteiger partial charge is 0.494 e. The Morgan fingerprint density at radius 1 is 0.900 bits per heavy atom. The van der Waals surface area contributed by atoms with Crippen LogP contribution in [0.2, 0.25) is 0 Å². The van der Waals surface area contributed by atoms with Crippen LogP contribution in [0, 0.1) is 6.92 Å². The summed E-state index contributed by atoms with van der Waals surface area (Å²) in [6.07, 6.45) is 0. The number of methoxy groups -OCH3 is 1. The van der Waals surface area contributed by atoms with Crippen molar-refractivity contribution >= 4 is 44.2 Å². The van der Waals surface area contributed by atoms with Crippen molar-refractivity contribution < 1.29 is 14.3 Å². The van der Waals surface area contributed by atoms with Gasteiger partial charge >= 0.3 is 0 Å². The highest BCUT2D eigenvalue weighted by molar-refractivity contribution is 7.22. The van der Waals surface area contributed by atoms with Gasteiger partial charge in [0, 0.05) is 22.9 Å². The molecule has 1 aromatic heterocycles. The predicted molar refractivity (Wildman–Crippen MR) is 120 cm³/mol. The van der Waals surface area contributed by atoms with Gasteiger partial charge < -0.3 is 10.1 Å². The van der Waals surface area contributed by atoms with E-state index in [0.29, 0.717) is 33.2 Å². The molecule has 0 spiro atoms. The summed E-state index contributed by atoms with van der Waals surface area (Å²) in [5.41, 5.74) is 3.36. The number of aromatic nitrogens is 1. The number of amides is 2. The average molecular weight is 417 g/mol. The second kappa shape index (κ2) is 8.34. The third-order valence-corrected chi connectivity index (χ3v) is 5.39. The first-order chi connectivity index (χ1) is 14.5. The zero-order valence-electron chi connectivity index (χ0n) is 16.4. The first-order valence-corrected chi connectivity index (χ1v) is 10.1. The molecule has 0 bridgehead atoms. The Balaban J connectivity index is 1.60. The van der Waals surface area contributed by atoms with E-state index in [0.717, 1.165) is 10.3 Å². The number of rotatable bonds is 5. The summed E-state index contributed by atoms with van der Waals surface area (Å²) >= 11 is 1.31. The van der Waals surface area contributed by atoms with Gasteiger partial charge in [-0.2, -0.15) is 0 Å². The predicted octanol–water partition coefficient (Wildman–Crippen LogP) is 5.12. The van der Waals surface area contributed by atoms with Crippen molar-refractivity contribution in [2.24, 2.45) is 0 Å². The molecule has 6 nitrogen and oxygen atoms in total. The summed E-state index contributed by atoms with van der Waals surface area (Å²) in [5.74, 6) is 0.0762. The van der Waals surface area contributed by atoms with Gasteiger partial charge in [-0.15, -0.1) is 0 Å². The van der Waals surface area contributed by atoms with E-state index in [-0.39, 0.29) is 11.8 Å². The normalized spacial score (nSPS) is 10.6. The van der Waals surface area contributed by atoms with Crippen LogP contribution in [0.5, 0.6) is 5.75 Å². The van der Waals surface area contributed by atoms with Crippen LogP contribution < -0.4 is 15.4 Å². The van der Waals surface area contributed by atoms with Gasteiger partial charge in [0.2, 0.25) is 0 Å². The standard InChI is InChI=1S/C23H19N3O3S/c1-14-7-6-10-16(11-14)22(28)24-17-12-18(29-2)20-19(13-17)30-23(25-20)26-21(27)15-8-4-3-5-9-15/h3-13H,1-2H3,(H,24,28)(H,25,26,27). The lowest BCUT2D eigenvalue weighted by atomic mass is 10.1. The molecule has 4 aromatic rings. The summed E-state index contributed by atoms with van der Waals surface area (Å²) in [6.45, 7) is 1.94. The van der Waals surface area contributed by atoms with Crippen LogP contribution in [0.25, 0.3) is 10.2 Å². The van der Waals surface area contributed by atoms with Crippen molar-refractivity contribution in [1.82, 2.24) is 4.98 Å². The number of hydrogen-bond acceptors (Lipinski definition) is 5. The van der Waals surface area contributed by atoms with E-state index in [9.17, 15) is 9.59 Å². The molecule has 0 saturated carbocycles. The molecule has 7 heteroatoms. The number of carbonyl (C=O) groups excluding carboxylic acids is 2. The zero-order chi connectivity index (χ0) is 21.1. The van der Waals surface area contributed by atoms with Crippen molar-refractivity contribution in [3.63, 3.8) is 0 Å². The van der Waals surface area contributed by atoms with Gasteiger partial charge in [0.15, 0.2) is 5.13 Å². The van der Waals surface area contributed by atoms with Gasteiger partial charge in [-0.1, -0.05) is 47.2 Å². The first-order valence-electron chi connectivity index (χ1n) is 9.26. The molecule has 0 aliphatic rings. The molecule has 0 atom stereocenters. The van der Waals surface area contributed by atoms with Crippen LogP contribution in [-0.2, 0) is 0 Å². The number of ether oxygens (including phenoxy) is 1. The Kier molecular flexibility index (Phi) is 5.45. The Morgan fingerprint density at radius 2 is 1.63 bits per heavy atom. The molecule has 30 heavy (non-hydrogen) atoms. The SMILES string of the molecule is COc1cc(NC(=O)c2cccc(C)c2)cc2sc(NC(=O)c3ccccc3)nc12. The maximum Gasteiger partial charge on any atom is 0.257 e. The number of thiazole rings is 1. The number of nitrogens with zero attached hydrogens (tertiary/aromatic N) is 1. The van der Waals surface area contributed by atoms with Crippen LogP contribution in [0.4, 0.5) is 10.8 Å².